The van der Waals surface area contributed by atoms with Crippen molar-refractivity contribution in [3.63, 3.8) is 0 Å². The van der Waals surface area contributed by atoms with Gasteiger partial charge in [0, 0.05) is 12.4 Å². The number of thiophene rings is 1. The van der Waals surface area contributed by atoms with Gasteiger partial charge in [0.15, 0.2) is 11.6 Å². The maximum Gasteiger partial charge on any atom is 0.194 e. The maximum atomic E-state index is 12.6. The molecule has 21 heavy (non-hydrogen) atoms. The average molecular weight is 298 g/mol. The molecule has 0 bridgehead atoms. The first-order chi connectivity index (χ1) is 10.1. The van der Waals surface area contributed by atoms with Crippen molar-refractivity contribution >= 4 is 33.8 Å². The van der Waals surface area contributed by atoms with E-state index < -0.39 is 5.92 Å². The molecule has 0 aliphatic heterocycles. The Kier molecular flexibility index (Phi) is 3.43. The fourth-order valence-electron chi connectivity index (χ4n) is 2.35. The van der Waals surface area contributed by atoms with Crippen LogP contribution in [0.15, 0.2) is 41.8 Å². The number of carbonyl (C=O) groups is 2. The van der Waals surface area contributed by atoms with Crippen LogP contribution in [-0.4, -0.2) is 21.3 Å². The van der Waals surface area contributed by atoms with Crippen LogP contribution >= 0.6 is 11.3 Å². The summed E-state index contributed by atoms with van der Waals surface area (Å²) >= 11 is 1.35. The van der Waals surface area contributed by atoms with Crippen molar-refractivity contribution in [2.45, 2.75) is 6.92 Å². The molecule has 3 aromatic rings. The highest BCUT2D eigenvalue weighted by molar-refractivity contribution is 7.12. The molecule has 2 aromatic heterocycles. The fraction of sp³-hybridized carbons (Fsp3) is 0.188. The van der Waals surface area contributed by atoms with Crippen molar-refractivity contribution in [1.82, 2.24) is 9.78 Å². The minimum absolute atomic E-state index is 0.148. The van der Waals surface area contributed by atoms with Gasteiger partial charge in [-0.3, -0.25) is 14.3 Å². The number of ketones is 2. The standard InChI is InChI=1S/C16H14N2O2S/c1-10(15(19)13-8-5-9-21-13)16(20)14-11-6-3-4-7-12(11)18(2)17-14/h3-10H,1-2H3. The van der Waals surface area contributed by atoms with E-state index >= 15 is 0 Å². The molecule has 0 saturated heterocycles. The number of rotatable bonds is 4. The highest BCUT2D eigenvalue weighted by Crippen LogP contribution is 2.23. The number of Topliss-reactive ketones (excluding diaryl/α,β-unsaturated/α-hetero) is 2. The number of carbonyl (C=O) groups excluding carboxylic acids is 2. The van der Waals surface area contributed by atoms with Crippen LogP contribution in [0.5, 0.6) is 0 Å². The SMILES string of the molecule is CC(C(=O)c1cccs1)C(=O)c1nn(C)c2ccccc12. The molecule has 0 N–H and O–H groups in total. The van der Waals surface area contributed by atoms with Gasteiger partial charge in [-0.25, -0.2) is 0 Å². The lowest BCUT2D eigenvalue weighted by Crippen LogP contribution is -2.21. The van der Waals surface area contributed by atoms with Gasteiger partial charge in [0.05, 0.1) is 16.3 Å². The fourth-order valence-corrected chi connectivity index (χ4v) is 3.11. The zero-order valence-corrected chi connectivity index (χ0v) is 12.6. The van der Waals surface area contributed by atoms with E-state index in [2.05, 4.69) is 5.10 Å². The van der Waals surface area contributed by atoms with Gasteiger partial charge in [-0.05, 0) is 24.4 Å². The summed E-state index contributed by atoms with van der Waals surface area (Å²) in [7, 11) is 1.80. The second kappa shape index (κ2) is 5.26. The lowest BCUT2D eigenvalue weighted by atomic mass is 9.96. The van der Waals surface area contributed by atoms with Crippen LogP contribution in [-0.2, 0) is 7.05 Å². The van der Waals surface area contributed by atoms with E-state index in [1.54, 1.807) is 24.7 Å². The van der Waals surface area contributed by atoms with Crippen LogP contribution in [0.1, 0.15) is 27.1 Å². The molecule has 0 saturated carbocycles. The number of fused-ring (bicyclic) bond motifs is 1. The van der Waals surface area contributed by atoms with Crippen LogP contribution in [0.4, 0.5) is 0 Å². The van der Waals surface area contributed by atoms with E-state index in [1.807, 2.05) is 35.7 Å². The van der Waals surface area contributed by atoms with Crippen molar-refractivity contribution in [2.75, 3.05) is 0 Å². The van der Waals surface area contributed by atoms with Crippen molar-refractivity contribution in [2.24, 2.45) is 13.0 Å². The smallest absolute Gasteiger partial charge is 0.194 e. The summed E-state index contributed by atoms with van der Waals surface area (Å²) in [6.07, 6.45) is 0. The van der Waals surface area contributed by atoms with Crippen LogP contribution in [0, 0.1) is 5.92 Å². The first-order valence-electron chi connectivity index (χ1n) is 6.63. The highest BCUT2D eigenvalue weighted by Gasteiger charge is 2.28. The van der Waals surface area contributed by atoms with Gasteiger partial charge < -0.3 is 0 Å². The first kappa shape index (κ1) is 13.7. The second-order valence-corrected chi connectivity index (χ2v) is 5.86. The Morgan fingerprint density at radius 1 is 1.14 bits per heavy atom. The zero-order chi connectivity index (χ0) is 15.0. The Hall–Kier alpha value is -2.27. The molecule has 0 amide bonds. The van der Waals surface area contributed by atoms with Crippen LogP contribution in [0.2, 0.25) is 0 Å². The largest absolute Gasteiger partial charge is 0.292 e. The first-order valence-corrected chi connectivity index (χ1v) is 7.51. The van der Waals surface area contributed by atoms with Crippen LogP contribution in [0.3, 0.4) is 0 Å². The lowest BCUT2D eigenvalue weighted by molar-refractivity contribution is 0.0820. The molecular formula is C16H14N2O2S. The molecule has 5 heteroatoms. The Labute approximate surface area is 126 Å². The number of aromatic nitrogens is 2. The topological polar surface area (TPSA) is 52.0 Å². The Morgan fingerprint density at radius 3 is 2.62 bits per heavy atom. The summed E-state index contributed by atoms with van der Waals surface area (Å²) < 4.78 is 1.67. The molecule has 2 heterocycles. The van der Waals surface area contributed by atoms with Crippen molar-refractivity contribution in [3.8, 4) is 0 Å². The molecule has 0 fully saturated rings. The lowest BCUT2D eigenvalue weighted by Gasteiger charge is -2.06. The Bertz CT molecular complexity index is 818. The number of nitrogens with zero attached hydrogens (tertiary/aromatic N) is 2. The zero-order valence-electron chi connectivity index (χ0n) is 11.7. The number of para-hydroxylation sites is 1. The van der Waals surface area contributed by atoms with E-state index in [1.165, 1.54) is 11.3 Å². The quantitative estimate of drug-likeness (QED) is 0.548. The molecule has 106 valence electrons. The summed E-state index contributed by atoms with van der Waals surface area (Å²) in [6.45, 7) is 1.65. The molecule has 0 spiro atoms. The van der Waals surface area contributed by atoms with E-state index in [0.29, 0.717) is 10.6 Å². The van der Waals surface area contributed by atoms with E-state index in [9.17, 15) is 9.59 Å². The van der Waals surface area contributed by atoms with Gasteiger partial charge in [-0.1, -0.05) is 24.3 Å². The summed E-state index contributed by atoms with van der Waals surface area (Å²) in [5, 5.41) is 6.91. The highest BCUT2D eigenvalue weighted by atomic mass is 32.1. The summed E-state index contributed by atoms with van der Waals surface area (Å²) in [4.78, 5) is 25.5. The molecular weight excluding hydrogens is 284 g/mol. The number of hydrogen-bond acceptors (Lipinski definition) is 4. The molecule has 0 radical (unpaired) electrons. The molecule has 1 aromatic carbocycles. The molecule has 0 aliphatic rings. The van der Waals surface area contributed by atoms with E-state index in [0.717, 1.165) is 10.9 Å². The summed E-state index contributed by atoms with van der Waals surface area (Å²) in [5.41, 5.74) is 1.25. The van der Waals surface area contributed by atoms with Gasteiger partial charge in [0.1, 0.15) is 5.69 Å². The minimum atomic E-state index is -0.720. The molecule has 0 aliphatic carbocycles. The third kappa shape index (κ3) is 2.29. The van der Waals surface area contributed by atoms with Gasteiger partial charge in [-0.15, -0.1) is 11.3 Å². The Morgan fingerprint density at radius 2 is 1.90 bits per heavy atom. The molecule has 4 nitrogen and oxygen atoms in total. The van der Waals surface area contributed by atoms with Crippen molar-refractivity contribution in [1.29, 1.82) is 0 Å². The van der Waals surface area contributed by atoms with Gasteiger partial charge in [0.2, 0.25) is 0 Å². The van der Waals surface area contributed by atoms with E-state index in [4.69, 9.17) is 0 Å². The summed E-state index contributed by atoms with van der Waals surface area (Å²) in [6, 6.07) is 11.1. The average Bonchev–Trinajstić information content (AvgIpc) is 3.14. The van der Waals surface area contributed by atoms with Crippen LogP contribution in [0.25, 0.3) is 10.9 Å². The number of hydrogen-bond donors (Lipinski definition) is 0. The summed E-state index contributed by atoms with van der Waals surface area (Å²) in [5.74, 6) is -1.10. The molecule has 3 rings (SSSR count). The van der Waals surface area contributed by atoms with Gasteiger partial charge in [-0.2, -0.15) is 5.10 Å². The van der Waals surface area contributed by atoms with E-state index in [-0.39, 0.29) is 11.6 Å². The van der Waals surface area contributed by atoms with Crippen molar-refractivity contribution in [3.05, 3.63) is 52.3 Å². The Balaban J connectivity index is 1.99. The number of benzene rings is 1. The molecule has 1 unspecified atom stereocenters. The number of aryl methyl sites for hydroxylation is 1. The van der Waals surface area contributed by atoms with Gasteiger partial charge >= 0.3 is 0 Å². The van der Waals surface area contributed by atoms with Crippen molar-refractivity contribution < 1.29 is 9.59 Å². The monoisotopic (exact) mass is 298 g/mol. The minimum Gasteiger partial charge on any atom is -0.292 e. The maximum absolute atomic E-state index is 12.6. The second-order valence-electron chi connectivity index (χ2n) is 4.92. The molecule has 1 atom stereocenters. The third-order valence-corrected chi connectivity index (χ3v) is 4.43. The third-order valence-electron chi connectivity index (χ3n) is 3.54. The van der Waals surface area contributed by atoms with Gasteiger partial charge in [0.25, 0.3) is 0 Å². The predicted octanol–water partition coefficient (Wildman–Crippen LogP) is 3.34. The van der Waals surface area contributed by atoms with Crippen LogP contribution < -0.4 is 0 Å². The predicted molar refractivity (Wildman–Crippen MR) is 82.9 cm³/mol. The normalized spacial score (nSPS) is 12.5.